The van der Waals surface area contributed by atoms with Crippen LogP contribution in [0.5, 0.6) is 0 Å². The summed E-state index contributed by atoms with van der Waals surface area (Å²) in [4.78, 5) is 21.9. The minimum absolute atomic E-state index is 0.127. The van der Waals surface area contributed by atoms with E-state index in [4.69, 9.17) is 11.6 Å². The van der Waals surface area contributed by atoms with Crippen LogP contribution in [0.25, 0.3) is 16.6 Å². The van der Waals surface area contributed by atoms with Gasteiger partial charge in [-0.25, -0.2) is 9.97 Å². The molecule has 2 aromatic carbocycles. The van der Waals surface area contributed by atoms with E-state index < -0.39 is 6.55 Å². The summed E-state index contributed by atoms with van der Waals surface area (Å²) in [5.74, 6) is 0.323. The smallest absolute Gasteiger partial charge is 0.277 e. The Kier molecular flexibility index (Phi) is 5.38. The summed E-state index contributed by atoms with van der Waals surface area (Å²) in [6.07, 6.45) is 2.55. The highest BCUT2D eigenvalue weighted by atomic mass is 35.5. The molecule has 4 rings (SSSR count). The Bertz CT molecular complexity index is 1250. The molecule has 0 aliphatic carbocycles. The predicted octanol–water partition coefficient (Wildman–Crippen LogP) is 5.23. The third-order valence-corrected chi connectivity index (χ3v) is 5.62. The van der Waals surface area contributed by atoms with Crippen molar-refractivity contribution in [1.82, 2.24) is 19.1 Å². The summed E-state index contributed by atoms with van der Waals surface area (Å²) in [7, 11) is 0. The first-order valence-electron chi connectivity index (χ1n) is 8.66. The highest BCUT2D eigenvalue weighted by molar-refractivity contribution is 7.98. The summed E-state index contributed by atoms with van der Waals surface area (Å²) in [6.45, 7) is -0.791. The number of para-hydroxylation sites is 1. The molecular weight excluding hydrogens is 418 g/mol. The van der Waals surface area contributed by atoms with Crippen molar-refractivity contribution >= 4 is 34.3 Å². The van der Waals surface area contributed by atoms with Gasteiger partial charge in [0.05, 0.1) is 22.3 Å². The van der Waals surface area contributed by atoms with Gasteiger partial charge in [-0.15, -0.1) is 0 Å². The minimum atomic E-state index is -2.69. The third kappa shape index (κ3) is 3.77. The van der Waals surface area contributed by atoms with Crippen molar-refractivity contribution in [2.75, 3.05) is 0 Å². The standard InChI is InChI=1S/C20H15ClF2N4OS/c1-12-4-2-3-5-16(12)27-18(28)14-7-6-13(21)10-15(14)25-20(27)29-11-17-24-8-9-26(17)19(22)23/h2-10,19H,11H2,1H3. The molecule has 0 spiro atoms. The van der Waals surface area contributed by atoms with Gasteiger partial charge in [0.25, 0.3) is 5.56 Å². The van der Waals surface area contributed by atoms with Crippen molar-refractivity contribution in [3.63, 3.8) is 0 Å². The van der Waals surface area contributed by atoms with E-state index in [-0.39, 0.29) is 17.1 Å². The van der Waals surface area contributed by atoms with Gasteiger partial charge in [-0.2, -0.15) is 8.78 Å². The van der Waals surface area contributed by atoms with E-state index in [0.29, 0.717) is 26.8 Å². The molecule has 0 radical (unpaired) electrons. The van der Waals surface area contributed by atoms with Crippen molar-refractivity contribution in [3.8, 4) is 5.69 Å². The monoisotopic (exact) mass is 432 g/mol. The van der Waals surface area contributed by atoms with Crippen molar-refractivity contribution < 1.29 is 8.78 Å². The zero-order valence-corrected chi connectivity index (χ0v) is 16.8. The SMILES string of the molecule is Cc1ccccc1-n1c(SCc2nccn2C(F)F)nc2cc(Cl)ccc2c1=O. The fourth-order valence-corrected chi connectivity index (χ4v) is 4.15. The summed E-state index contributed by atoms with van der Waals surface area (Å²) < 4.78 is 28.6. The van der Waals surface area contributed by atoms with Gasteiger partial charge in [-0.1, -0.05) is 41.6 Å². The van der Waals surface area contributed by atoms with Gasteiger partial charge in [0, 0.05) is 17.4 Å². The molecule has 4 aromatic rings. The maximum Gasteiger partial charge on any atom is 0.319 e. The van der Waals surface area contributed by atoms with Gasteiger partial charge in [0.2, 0.25) is 0 Å². The van der Waals surface area contributed by atoms with Gasteiger partial charge >= 0.3 is 6.55 Å². The van der Waals surface area contributed by atoms with Crippen LogP contribution in [-0.4, -0.2) is 19.1 Å². The molecule has 0 fully saturated rings. The van der Waals surface area contributed by atoms with Gasteiger partial charge in [0.1, 0.15) is 5.82 Å². The fourth-order valence-electron chi connectivity index (χ4n) is 3.02. The maximum atomic E-state index is 13.3. The molecule has 0 saturated heterocycles. The molecular formula is C20H15ClF2N4OS. The first-order valence-corrected chi connectivity index (χ1v) is 10.0. The molecule has 0 bridgehead atoms. The van der Waals surface area contributed by atoms with E-state index in [1.54, 1.807) is 18.2 Å². The highest BCUT2D eigenvalue weighted by Crippen LogP contribution is 2.27. The molecule has 0 N–H and O–H groups in total. The quantitative estimate of drug-likeness (QED) is 0.320. The molecule has 9 heteroatoms. The number of alkyl halides is 2. The van der Waals surface area contributed by atoms with E-state index in [1.807, 2.05) is 31.2 Å². The first-order chi connectivity index (χ1) is 14.0. The lowest BCUT2D eigenvalue weighted by Gasteiger charge is -2.15. The number of fused-ring (bicyclic) bond motifs is 1. The normalized spacial score (nSPS) is 11.5. The second-order valence-electron chi connectivity index (χ2n) is 6.30. The second-order valence-corrected chi connectivity index (χ2v) is 7.68. The zero-order valence-electron chi connectivity index (χ0n) is 15.2. The van der Waals surface area contributed by atoms with Gasteiger partial charge in [0.15, 0.2) is 5.16 Å². The minimum Gasteiger partial charge on any atom is -0.277 e. The number of aryl methyl sites for hydroxylation is 1. The summed E-state index contributed by atoms with van der Waals surface area (Å²) >= 11 is 7.23. The molecule has 0 aliphatic rings. The zero-order chi connectivity index (χ0) is 20.5. The number of hydrogen-bond donors (Lipinski definition) is 0. The molecule has 0 aliphatic heterocycles. The lowest BCUT2D eigenvalue weighted by atomic mass is 10.2. The average molecular weight is 433 g/mol. The molecule has 2 aromatic heterocycles. The molecule has 29 heavy (non-hydrogen) atoms. The Morgan fingerprint density at radius 1 is 1.21 bits per heavy atom. The van der Waals surface area contributed by atoms with Gasteiger partial charge in [-0.05, 0) is 36.8 Å². The first kappa shape index (κ1) is 19.6. The van der Waals surface area contributed by atoms with E-state index in [2.05, 4.69) is 9.97 Å². The van der Waals surface area contributed by atoms with E-state index in [1.165, 1.54) is 28.7 Å². The van der Waals surface area contributed by atoms with Crippen LogP contribution in [-0.2, 0) is 5.75 Å². The Balaban J connectivity index is 1.87. The van der Waals surface area contributed by atoms with Gasteiger partial charge in [-0.3, -0.25) is 13.9 Å². The Hall–Kier alpha value is -2.71. The lowest BCUT2D eigenvalue weighted by Crippen LogP contribution is -2.22. The van der Waals surface area contributed by atoms with Crippen LogP contribution in [0, 0.1) is 6.92 Å². The Labute approximate surface area is 174 Å². The number of aromatic nitrogens is 4. The number of benzene rings is 2. The van der Waals surface area contributed by atoms with Crippen LogP contribution in [0.15, 0.2) is 64.8 Å². The number of rotatable bonds is 5. The van der Waals surface area contributed by atoms with Crippen molar-refractivity contribution in [3.05, 3.63) is 81.6 Å². The summed E-state index contributed by atoms with van der Waals surface area (Å²) in [5, 5.41) is 1.27. The van der Waals surface area contributed by atoms with E-state index >= 15 is 0 Å². The molecule has 0 atom stereocenters. The van der Waals surface area contributed by atoms with Crippen molar-refractivity contribution in [2.24, 2.45) is 0 Å². The molecule has 0 unspecified atom stereocenters. The molecule has 0 amide bonds. The number of hydrogen-bond acceptors (Lipinski definition) is 4. The van der Waals surface area contributed by atoms with Crippen LogP contribution in [0.4, 0.5) is 8.78 Å². The van der Waals surface area contributed by atoms with Crippen LogP contribution < -0.4 is 5.56 Å². The largest absolute Gasteiger partial charge is 0.319 e. The lowest BCUT2D eigenvalue weighted by molar-refractivity contribution is 0.0678. The average Bonchev–Trinajstić information content (AvgIpc) is 3.16. The third-order valence-electron chi connectivity index (χ3n) is 4.45. The molecule has 148 valence electrons. The highest BCUT2D eigenvalue weighted by Gasteiger charge is 2.17. The topological polar surface area (TPSA) is 52.7 Å². The molecule has 2 heterocycles. The number of thioether (sulfide) groups is 1. The van der Waals surface area contributed by atoms with E-state index in [0.717, 1.165) is 10.1 Å². The Morgan fingerprint density at radius 2 is 2.00 bits per heavy atom. The number of halogens is 3. The van der Waals surface area contributed by atoms with Crippen LogP contribution in [0.3, 0.4) is 0 Å². The number of nitrogens with zero attached hydrogens (tertiary/aromatic N) is 4. The number of imidazole rings is 1. The van der Waals surface area contributed by atoms with Crippen LogP contribution in [0.2, 0.25) is 5.02 Å². The summed E-state index contributed by atoms with van der Waals surface area (Å²) in [6, 6.07) is 12.3. The van der Waals surface area contributed by atoms with Crippen molar-refractivity contribution in [1.29, 1.82) is 0 Å². The molecule has 0 saturated carbocycles. The predicted molar refractivity (Wildman–Crippen MR) is 110 cm³/mol. The van der Waals surface area contributed by atoms with Gasteiger partial charge < -0.3 is 0 Å². The molecule has 5 nitrogen and oxygen atoms in total. The fraction of sp³-hybridized carbons (Fsp3) is 0.150. The maximum absolute atomic E-state index is 13.3. The van der Waals surface area contributed by atoms with Crippen LogP contribution in [0.1, 0.15) is 17.9 Å². The van der Waals surface area contributed by atoms with Crippen LogP contribution >= 0.6 is 23.4 Å². The second kappa shape index (κ2) is 7.96. The Morgan fingerprint density at radius 3 is 2.76 bits per heavy atom. The van der Waals surface area contributed by atoms with E-state index in [9.17, 15) is 13.6 Å². The van der Waals surface area contributed by atoms with Crippen molar-refractivity contribution in [2.45, 2.75) is 24.4 Å². The summed E-state index contributed by atoms with van der Waals surface area (Å²) in [5.41, 5.74) is 1.77.